The Morgan fingerprint density at radius 3 is 2.12 bits per heavy atom. The molecule has 6 rings (SSSR count). The van der Waals surface area contributed by atoms with Crippen molar-refractivity contribution in [2.75, 3.05) is 11.9 Å². The van der Waals surface area contributed by atoms with Gasteiger partial charge < -0.3 is 10.4 Å². The van der Waals surface area contributed by atoms with E-state index in [4.69, 9.17) is 23.2 Å². The van der Waals surface area contributed by atoms with Crippen LogP contribution < -0.4 is 5.32 Å². The van der Waals surface area contributed by atoms with E-state index in [-0.39, 0.29) is 6.54 Å². The summed E-state index contributed by atoms with van der Waals surface area (Å²) in [5.74, 6) is 0. The molecule has 5 nitrogen and oxygen atoms in total. The van der Waals surface area contributed by atoms with E-state index < -0.39 is 5.60 Å². The van der Waals surface area contributed by atoms with Crippen LogP contribution in [0.25, 0.3) is 22.0 Å². The summed E-state index contributed by atoms with van der Waals surface area (Å²) in [6, 6.07) is 39.0. The summed E-state index contributed by atoms with van der Waals surface area (Å²) >= 11 is 12.5. The average molecular weight is 566 g/mol. The molecule has 7 heteroatoms. The van der Waals surface area contributed by atoms with E-state index in [2.05, 4.69) is 33.8 Å². The predicted octanol–water partition coefficient (Wildman–Crippen LogP) is 7.80. The van der Waals surface area contributed by atoms with E-state index in [0.29, 0.717) is 33.5 Å². The van der Waals surface area contributed by atoms with E-state index in [1.165, 1.54) is 0 Å². The predicted molar refractivity (Wildman–Crippen MR) is 163 cm³/mol. The number of aromatic nitrogens is 3. The van der Waals surface area contributed by atoms with Crippen molar-refractivity contribution < 1.29 is 5.11 Å². The Morgan fingerprint density at radius 1 is 0.725 bits per heavy atom. The molecule has 0 spiro atoms. The summed E-state index contributed by atoms with van der Waals surface area (Å²) < 4.78 is 1.83. The first-order valence-corrected chi connectivity index (χ1v) is 13.7. The number of nitrogens with one attached hydrogen (secondary N) is 1. The number of fused-ring (bicyclic) bond motifs is 1. The van der Waals surface area contributed by atoms with Crippen LogP contribution in [0.3, 0.4) is 0 Å². The lowest BCUT2D eigenvalue weighted by Gasteiger charge is -2.29. The molecule has 0 aliphatic rings. The first-order valence-electron chi connectivity index (χ1n) is 13.0. The normalized spacial score (nSPS) is 12.8. The molecule has 40 heavy (non-hydrogen) atoms. The van der Waals surface area contributed by atoms with Crippen LogP contribution in [0.1, 0.15) is 16.8 Å². The number of nitrogens with zero attached hydrogens (tertiary/aromatic N) is 3. The monoisotopic (exact) mass is 564 g/mol. The van der Waals surface area contributed by atoms with Crippen LogP contribution in [0, 0.1) is 0 Å². The van der Waals surface area contributed by atoms with Gasteiger partial charge in [0.2, 0.25) is 0 Å². The minimum atomic E-state index is -1.55. The molecule has 1 atom stereocenters. The molecule has 0 saturated carbocycles. The fourth-order valence-electron chi connectivity index (χ4n) is 5.00. The van der Waals surface area contributed by atoms with Crippen LogP contribution in [-0.2, 0) is 12.1 Å². The van der Waals surface area contributed by atoms with Crippen LogP contribution in [0.2, 0.25) is 10.0 Å². The Hall–Kier alpha value is -4.16. The fraction of sp³-hybridized carbons (Fsp3) is 0.0909. The van der Waals surface area contributed by atoms with Crippen molar-refractivity contribution >= 4 is 39.7 Å². The van der Waals surface area contributed by atoms with Gasteiger partial charge in [0.15, 0.2) is 5.60 Å². The molecule has 198 valence electrons. The van der Waals surface area contributed by atoms with Crippen molar-refractivity contribution in [2.24, 2.45) is 0 Å². The zero-order chi connectivity index (χ0) is 27.5. The van der Waals surface area contributed by atoms with Gasteiger partial charge in [0.1, 0.15) is 5.69 Å². The maximum absolute atomic E-state index is 12.6. The van der Waals surface area contributed by atoms with Crippen molar-refractivity contribution in [3.63, 3.8) is 0 Å². The standard InChI is InChI=1S/C33H26Cl2N4O/c34-27-17-13-25(14-18-27)31-32(37-38-39(31)21-23-7-2-1-3-8-23)33(40,26-15-19-28(35)20-16-26)22-36-30-12-6-10-24-9-4-5-11-29(24)30/h1-20,36,40H,21-22H2. The van der Waals surface area contributed by atoms with Gasteiger partial charge in [0.05, 0.1) is 18.8 Å². The second-order valence-corrected chi connectivity index (χ2v) is 10.6. The molecule has 0 amide bonds. The van der Waals surface area contributed by atoms with Crippen LogP contribution in [0.5, 0.6) is 0 Å². The lowest BCUT2D eigenvalue weighted by Crippen LogP contribution is -2.36. The molecule has 0 bridgehead atoms. The first kappa shape index (κ1) is 26.1. The number of benzene rings is 5. The molecule has 0 saturated heterocycles. The van der Waals surface area contributed by atoms with Gasteiger partial charge in [-0.25, -0.2) is 4.68 Å². The molecule has 0 aliphatic heterocycles. The van der Waals surface area contributed by atoms with Gasteiger partial charge in [-0.15, -0.1) is 5.10 Å². The number of aliphatic hydroxyl groups is 1. The minimum absolute atomic E-state index is 0.146. The second-order valence-electron chi connectivity index (χ2n) is 9.68. The third-order valence-electron chi connectivity index (χ3n) is 7.07. The number of hydrogen-bond donors (Lipinski definition) is 2. The van der Waals surface area contributed by atoms with E-state index >= 15 is 0 Å². The quantitative estimate of drug-likeness (QED) is 0.198. The Labute approximate surface area is 242 Å². The van der Waals surface area contributed by atoms with Gasteiger partial charge >= 0.3 is 0 Å². The fourth-order valence-corrected chi connectivity index (χ4v) is 5.25. The molecular formula is C33H26Cl2N4O. The van der Waals surface area contributed by atoms with Gasteiger partial charge in [-0.1, -0.05) is 119 Å². The Balaban J connectivity index is 1.49. The summed E-state index contributed by atoms with van der Waals surface area (Å²) in [5, 5.41) is 28.6. The van der Waals surface area contributed by atoms with Gasteiger partial charge in [-0.2, -0.15) is 0 Å². The van der Waals surface area contributed by atoms with Gasteiger partial charge in [0.25, 0.3) is 0 Å². The van der Waals surface area contributed by atoms with Crippen LogP contribution >= 0.6 is 23.2 Å². The van der Waals surface area contributed by atoms with Gasteiger partial charge in [0, 0.05) is 26.7 Å². The highest BCUT2D eigenvalue weighted by Crippen LogP contribution is 2.37. The maximum Gasteiger partial charge on any atom is 0.153 e. The second kappa shape index (κ2) is 11.1. The zero-order valence-corrected chi connectivity index (χ0v) is 23.0. The average Bonchev–Trinajstić information content (AvgIpc) is 3.41. The lowest BCUT2D eigenvalue weighted by molar-refractivity contribution is 0.0908. The lowest BCUT2D eigenvalue weighted by atomic mass is 9.87. The molecule has 0 radical (unpaired) electrons. The highest BCUT2D eigenvalue weighted by atomic mass is 35.5. The number of halogens is 2. The zero-order valence-electron chi connectivity index (χ0n) is 21.5. The Kier molecular flexibility index (Phi) is 7.27. The van der Waals surface area contributed by atoms with Crippen LogP contribution in [0.15, 0.2) is 121 Å². The van der Waals surface area contributed by atoms with E-state index in [1.807, 2.05) is 95.7 Å². The number of anilines is 1. The molecule has 2 N–H and O–H groups in total. The van der Waals surface area contributed by atoms with Crippen molar-refractivity contribution in [3.8, 4) is 11.3 Å². The Morgan fingerprint density at radius 2 is 1.38 bits per heavy atom. The minimum Gasteiger partial charge on any atom is -0.381 e. The highest BCUT2D eigenvalue weighted by molar-refractivity contribution is 6.30. The van der Waals surface area contributed by atoms with Crippen molar-refractivity contribution in [2.45, 2.75) is 12.1 Å². The van der Waals surface area contributed by atoms with Crippen molar-refractivity contribution in [1.82, 2.24) is 15.0 Å². The molecule has 0 aliphatic carbocycles. The van der Waals surface area contributed by atoms with Crippen LogP contribution in [0.4, 0.5) is 5.69 Å². The van der Waals surface area contributed by atoms with Crippen molar-refractivity contribution in [3.05, 3.63) is 148 Å². The molecule has 1 aromatic heterocycles. The number of hydrogen-bond acceptors (Lipinski definition) is 4. The summed E-state index contributed by atoms with van der Waals surface area (Å²) in [5.41, 5.74) is 3.06. The molecular weight excluding hydrogens is 539 g/mol. The molecule has 0 fully saturated rings. The van der Waals surface area contributed by atoms with Crippen LogP contribution in [-0.4, -0.2) is 26.6 Å². The van der Waals surface area contributed by atoms with E-state index in [1.54, 1.807) is 12.1 Å². The third-order valence-corrected chi connectivity index (χ3v) is 7.57. The largest absolute Gasteiger partial charge is 0.381 e. The summed E-state index contributed by atoms with van der Waals surface area (Å²) in [4.78, 5) is 0. The molecule has 6 aromatic rings. The Bertz CT molecular complexity index is 1750. The third kappa shape index (κ3) is 5.19. The summed E-state index contributed by atoms with van der Waals surface area (Å²) in [6.45, 7) is 0.631. The summed E-state index contributed by atoms with van der Waals surface area (Å²) in [6.07, 6.45) is 0. The first-order chi connectivity index (χ1) is 19.5. The molecule has 5 aromatic carbocycles. The van der Waals surface area contributed by atoms with E-state index in [9.17, 15) is 5.11 Å². The highest BCUT2D eigenvalue weighted by Gasteiger charge is 2.38. The van der Waals surface area contributed by atoms with E-state index in [0.717, 1.165) is 27.6 Å². The van der Waals surface area contributed by atoms with Gasteiger partial charge in [-0.05, 0) is 46.8 Å². The smallest absolute Gasteiger partial charge is 0.153 e. The SMILES string of the molecule is OC(CNc1cccc2ccccc12)(c1ccc(Cl)cc1)c1nnn(Cc2ccccc2)c1-c1ccc(Cl)cc1. The van der Waals surface area contributed by atoms with Crippen molar-refractivity contribution in [1.29, 1.82) is 0 Å². The maximum atomic E-state index is 12.6. The summed E-state index contributed by atoms with van der Waals surface area (Å²) in [7, 11) is 0. The molecule has 1 heterocycles. The number of rotatable bonds is 8. The van der Waals surface area contributed by atoms with Gasteiger partial charge in [-0.3, -0.25) is 0 Å². The molecule has 1 unspecified atom stereocenters. The topological polar surface area (TPSA) is 63.0 Å².